The van der Waals surface area contributed by atoms with Crippen molar-refractivity contribution in [3.63, 3.8) is 0 Å². The van der Waals surface area contributed by atoms with Gasteiger partial charge in [0.15, 0.2) is 0 Å². The standard InChI is InChI=1S/C30H40Cl2N4O2.ClH/c1-20(2)16-27(29(37)34-14-12-22-9-11-25(31)26(32)17-22)35-15-13-24(10-8-21-6-4-3-5-7-21)36-19-23(33)18-28(36)30(35)38;/h3-7,9,11,17,20,23-24,27-28H,8,10,12-16,18-19,33H2,1-2H3,(H,34,37);1H/t23-,24?,27-,28+;/m1./s1. The quantitative estimate of drug-likeness (QED) is 0.400. The number of hydrogen-bond donors (Lipinski definition) is 2. The molecule has 0 aliphatic carbocycles. The van der Waals surface area contributed by atoms with E-state index in [-0.39, 0.29) is 48.3 Å². The molecular formula is C30H41Cl3N4O2. The van der Waals surface area contributed by atoms with Gasteiger partial charge in [-0.15, -0.1) is 12.4 Å². The van der Waals surface area contributed by atoms with Crippen LogP contribution in [0.1, 0.15) is 50.7 Å². The summed E-state index contributed by atoms with van der Waals surface area (Å²) in [6.45, 7) is 5.97. The Balaban J connectivity index is 0.00000420. The van der Waals surface area contributed by atoms with Crippen LogP contribution in [-0.2, 0) is 22.4 Å². The van der Waals surface area contributed by atoms with Crippen LogP contribution in [0.15, 0.2) is 48.5 Å². The zero-order chi connectivity index (χ0) is 27.2. The summed E-state index contributed by atoms with van der Waals surface area (Å²) in [5.74, 6) is 0.224. The summed E-state index contributed by atoms with van der Waals surface area (Å²) in [4.78, 5) is 31.6. The van der Waals surface area contributed by atoms with E-state index in [2.05, 4.69) is 48.3 Å². The first kappa shape index (κ1) is 31.7. The van der Waals surface area contributed by atoms with Crippen molar-refractivity contribution >= 4 is 47.4 Å². The van der Waals surface area contributed by atoms with Crippen molar-refractivity contribution in [1.29, 1.82) is 0 Å². The van der Waals surface area contributed by atoms with Crippen LogP contribution in [0.5, 0.6) is 0 Å². The molecule has 2 amide bonds. The second kappa shape index (κ2) is 14.7. The van der Waals surface area contributed by atoms with E-state index in [4.69, 9.17) is 28.9 Å². The van der Waals surface area contributed by atoms with E-state index in [1.807, 2.05) is 23.1 Å². The topological polar surface area (TPSA) is 78.7 Å². The van der Waals surface area contributed by atoms with E-state index < -0.39 is 6.04 Å². The Kier molecular flexibility index (Phi) is 11.9. The number of fused-ring (bicyclic) bond motifs is 1. The van der Waals surface area contributed by atoms with Crippen molar-refractivity contribution in [1.82, 2.24) is 15.1 Å². The highest BCUT2D eigenvalue weighted by molar-refractivity contribution is 6.42. The van der Waals surface area contributed by atoms with Gasteiger partial charge in [-0.1, -0.05) is 73.4 Å². The number of carbonyl (C=O) groups is 2. The number of benzene rings is 2. The lowest BCUT2D eigenvalue weighted by atomic mass is 9.99. The van der Waals surface area contributed by atoms with Gasteiger partial charge in [0.2, 0.25) is 11.8 Å². The molecule has 0 radical (unpaired) electrons. The largest absolute Gasteiger partial charge is 0.354 e. The third-order valence-electron chi connectivity index (χ3n) is 7.79. The van der Waals surface area contributed by atoms with Gasteiger partial charge in [0.1, 0.15) is 6.04 Å². The number of hydrogen-bond acceptors (Lipinski definition) is 4. The summed E-state index contributed by atoms with van der Waals surface area (Å²) < 4.78 is 0. The third-order valence-corrected chi connectivity index (χ3v) is 8.53. The van der Waals surface area contributed by atoms with Gasteiger partial charge < -0.3 is 16.0 Å². The van der Waals surface area contributed by atoms with Gasteiger partial charge in [-0.2, -0.15) is 0 Å². The van der Waals surface area contributed by atoms with Crippen molar-refractivity contribution < 1.29 is 9.59 Å². The maximum Gasteiger partial charge on any atom is 0.242 e. The minimum absolute atomic E-state index is 0. The Morgan fingerprint density at radius 2 is 1.82 bits per heavy atom. The lowest BCUT2D eigenvalue weighted by Crippen LogP contribution is -2.54. The molecule has 39 heavy (non-hydrogen) atoms. The van der Waals surface area contributed by atoms with Crippen molar-refractivity contribution in [3.05, 3.63) is 69.7 Å². The fourth-order valence-corrected chi connectivity index (χ4v) is 6.18. The van der Waals surface area contributed by atoms with Crippen LogP contribution in [0.25, 0.3) is 0 Å². The highest BCUT2D eigenvalue weighted by Crippen LogP contribution is 2.30. The van der Waals surface area contributed by atoms with Gasteiger partial charge in [-0.05, 0) is 67.7 Å². The minimum atomic E-state index is -0.497. The van der Waals surface area contributed by atoms with E-state index in [1.54, 1.807) is 6.07 Å². The Morgan fingerprint density at radius 1 is 1.08 bits per heavy atom. The summed E-state index contributed by atoms with van der Waals surface area (Å²) >= 11 is 12.2. The Bertz CT molecular complexity index is 1100. The van der Waals surface area contributed by atoms with E-state index in [9.17, 15) is 9.59 Å². The van der Waals surface area contributed by atoms with Crippen LogP contribution in [0, 0.1) is 5.92 Å². The summed E-state index contributed by atoms with van der Waals surface area (Å²) in [5.41, 5.74) is 8.68. The summed E-state index contributed by atoms with van der Waals surface area (Å²) in [5, 5.41) is 4.11. The predicted octanol–water partition coefficient (Wildman–Crippen LogP) is 5.12. The monoisotopic (exact) mass is 594 g/mol. The smallest absolute Gasteiger partial charge is 0.242 e. The van der Waals surface area contributed by atoms with Crippen LogP contribution in [0.2, 0.25) is 10.0 Å². The molecule has 3 N–H and O–H groups in total. The number of nitrogens with one attached hydrogen (secondary N) is 1. The number of carbonyl (C=O) groups excluding carboxylic acids is 2. The van der Waals surface area contributed by atoms with Gasteiger partial charge in [-0.25, -0.2) is 0 Å². The maximum absolute atomic E-state index is 13.9. The molecule has 9 heteroatoms. The zero-order valence-corrected chi connectivity index (χ0v) is 25.2. The molecule has 2 aliphatic heterocycles. The molecule has 1 unspecified atom stereocenters. The lowest BCUT2D eigenvalue weighted by molar-refractivity contribution is -0.143. The van der Waals surface area contributed by atoms with Crippen molar-refractivity contribution in [3.8, 4) is 0 Å². The molecule has 2 saturated heterocycles. The molecule has 2 aliphatic rings. The summed E-state index contributed by atoms with van der Waals surface area (Å²) in [7, 11) is 0. The van der Waals surface area contributed by atoms with Crippen LogP contribution in [0.4, 0.5) is 0 Å². The summed E-state index contributed by atoms with van der Waals surface area (Å²) in [6, 6.07) is 15.5. The van der Waals surface area contributed by atoms with Crippen LogP contribution in [0.3, 0.4) is 0 Å². The van der Waals surface area contributed by atoms with E-state index in [1.165, 1.54) is 5.56 Å². The fourth-order valence-electron chi connectivity index (χ4n) is 5.86. The first-order valence-corrected chi connectivity index (χ1v) is 14.6. The number of nitrogens with zero attached hydrogens (tertiary/aromatic N) is 2. The Labute approximate surface area is 249 Å². The van der Waals surface area contributed by atoms with E-state index >= 15 is 0 Å². The lowest BCUT2D eigenvalue weighted by Gasteiger charge is -2.33. The number of halogens is 3. The molecule has 2 aromatic carbocycles. The Hall–Kier alpha value is -1.83. The van der Waals surface area contributed by atoms with Gasteiger partial charge in [-0.3, -0.25) is 14.5 Å². The molecule has 0 saturated carbocycles. The van der Waals surface area contributed by atoms with Crippen LogP contribution in [-0.4, -0.2) is 65.4 Å². The number of nitrogens with two attached hydrogens (primary N) is 1. The SMILES string of the molecule is CC(C)C[C@H](C(=O)NCCc1ccc(Cl)c(Cl)c1)N1CCC(CCc2ccccc2)N2C[C@H](N)C[C@H]2C1=O.Cl. The highest BCUT2D eigenvalue weighted by Gasteiger charge is 2.45. The second-order valence-electron chi connectivity index (χ2n) is 11.1. The van der Waals surface area contributed by atoms with E-state index in [0.29, 0.717) is 42.4 Å². The van der Waals surface area contributed by atoms with E-state index in [0.717, 1.165) is 31.4 Å². The fraction of sp³-hybridized carbons (Fsp3) is 0.533. The molecule has 6 nitrogen and oxygen atoms in total. The average Bonchev–Trinajstić information content (AvgIpc) is 3.23. The van der Waals surface area contributed by atoms with Crippen molar-refractivity contribution in [2.45, 2.75) is 76.5 Å². The number of amides is 2. The van der Waals surface area contributed by atoms with Gasteiger partial charge in [0.25, 0.3) is 0 Å². The molecule has 2 fully saturated rings. The number of aryl methyl sites for hydroxylation is 1. The molecular weight excluding hydrogens is 555 g/mol. The molecule has 214 valence electrons. The molecule has 2 heterocycles. The Morgan fingerprint density at radius 3 is 2.51 bits per heavy atom. The molecule has 0 spiro atoms. The third kappa shape index (κ3) is 8.34. The molecule has 0 aromatic heterocycles. The van der Waals surface area contributed by atoms with Crippen LogP contribution < -0.4 is 11.1 Å². The first-order valence-electron chi connectivity index (χ1n) is 13.8. The minimum Gasteiger partial charge on any atom is -0.354 e. The normalized spacial score (nSPS) is 22.3. The number of rotatable bonds is 10. The van der Waals surface area contributed by atoms with Gasteiger partial charge in [0.05, 0.1) is 16.1 Å². The first-order chi connectivity index (χ1) is 18.2. The summed E-state index contributed by atoms with van der Waals surface area (Å²) in [6.07, 6.45) is 4.68. The van der Waals surface area contributed by atoms with Crippen LogP contribution >= 0.6 is 35.6 Å². The van der Waals surface area contributed by atoms with Crippen molar-refractivity contribution in [2.75, 3.05) is 19.6 Å². The van der Waals surface area contributed by atoms with Crippen molar-refractivity contribution in [2.24, 2.45) is 11.7 Å². The molecule has 0 bridgehead atoms. The van der Waals surface area contributed by atoms with Gasteiger partial charge in [0, 0.05) is 31.7 Å². The molecule has 4 atom stereocenters. The highest BCUT2D eigenvalue weighted by atomic mass is 35.5. The second-order valence-corrected chi connectivity index (χ2v) is 12.0. The predicted molar refractivity (Wildman–Crippen MR) is 162 cm³/mol. The van der Waals surface area contributed by atoms with Gasteiger partial charge >= 0.3 is 0 Å². The molecule has 2 aromatic rings. The molecule has 4 rings (SSSR count). The maximum atomic E-state index is 13.9. The average molecular weight is 596 g/mol. The zero-order valence-electron chi connectivity index (χ0n) is 22.8.